The van der Waals surface area contributed by atoms with Crippen molar-refractivity contribution < 1.29 is 21.6 Å². The van der Waals surface area contributed by atoms with Crippen LogP contribution in [0.5, 0.6) is 0 Å². The van der Waals surface area contributed by atoms with Gasteiger partial charge in [0.15, 0.2) is 0 Å². The molecule has 0 atom stereocenters. The average molecular weight is 556 g/mol. The molecule has 0 unspecified atom stereocenters. The first-order valence-corrected chi connectivity index (χ1v) is 15.5. The molecule has 0 bridgehead atoms. The standard InChI is InChI=1S/C28H33N3O5S2/c1-22-18-23(2)20-25(19-22)31(38(35,36)26-10-6-5-7-11-26)21-28(32)29-24-12-14-27(15-13-24)37(33,34)30-16-8-3-4-9-17-30/h5-7,10-15,18-20H,3-4,8-9,16-17,21H2,1-2H3,(H,29,32). The Labute approximate surface area is 225 Å². The molecule has 0 aliphatic carbocycles. The van der Waals surface area contributed by atoms with Crippen LogP contribution in [0.4, 0.5) is 11.4 Å². The second kappa shape index (κ2) is 11.7. The molecule has 0 spiro atoms. The summed E-state index contributed by atoms with van der Waals surface area (Å²) in [7, 11) is -7.64. The molecule has 3 aromatic carbocycles. The van der Waals surface area contributed by atoms with Gasteiger partial charge in [-0.1, -0.05) is 37.1 Å². The van der Waals surface area contributed by atoms with Crippen molar-refractivity contribution in [2.24, 2.45) is 0 Å². The van der Waals surface area contributed by atoms with Gasteiger partial charge in [-0.15, -0.1) is 0 Å². The highest BCUT2D eigenvalue weighted by molar-refractivity contribution is 7.92. The van der Waals surface area contributed by atoms with Gasteiger partial charge in [0.25, 0.3) is 10.0 Å². The molecule has 0 radical (unpaired) electrons. The number of carbonyl (C=O) groups excluding carboxylic acids is 1. The maximum absolute atomic E-state index is 13.5. The summed E-state index contributed by atoms with van der Waals surface area (Å²) in [6, 6.07) is 19.3. The normalized spacial score (nSPS) is 15.0. The third-order valence-electron chi connectivity index (χ3n) is 6.45. The zero-order valence-corrected chi connectivity index (χ0v) is 23.3. The van der Waals surface area contributed by atoms with Crippen LogP contribution in [0.2, 0.25) is 0 Å². The third-order valence-corrected chi connectivity index (χ3v) is 10.2. The minimum absolute atomic E-state index is 0.0787. The largest absolute Gasteiger partial charge is 0.325 e. The Morgan fingerprint density at radius 1 is 0.789 bits per heavy atom. The van der Waals surface area contributed by atoms with Crippen molar-refractivity contribution in [1.29, 1.82) is 0 Å². The summed E-state index contributed by atoms with van der Waals surface area (Å²) in [6.07, 6.45) is 3.73. The molecule has 0 aromatic heterocycles. The zero-order chi connectivity index (χ0) is 27.3. The maximum Gasteiger partial charge on any atom is 0.264 e. The van der Waals surface area contributed by atoms with Crippen molar-refractivity contribution in [1.82, 2.24) is 4.31 Å². The van der Waals surface area contributed by atoms with Gasteiger partial charge < -0.3 is 5.32 Å². The highest BCUT2D eigenvalue weighted by atomic mass is 32.2. The smallest absolute Gasteiger partial charge is 0.264 e. The molecule has 38 heavy (non-hydrogen) atoms. The van der Waals surface area contributed by atoms with E-state index >= 15 is 0 Å². The van der Waals surface area contributed by atoms with Crippen LogP contribution in [0.1, 0.15) is 36.8 Å². The Morgan fingerprint density at radius 2 is 1.37 bits per heavy atom. The first kappa shape index (κ1) is 27.8. The van der Waals surface area contributed by atoms with Crippen LogP contribution < -0.4 is 9.62 Å². The fourth-order valence-corrected chi connectivity index (χ4v) is 7.54. The lowest BCUT2D eigenvalue weighted by molar-refractivity contribution is -0.114. The second-order valence-electron chi connectivity index (χ2n) is 9.56. The predicted molar refractivity (Wildman–Crippen MR) is 149 cm³/mol. The SMILES string of the molecule is Cc1cc(C)cc(N(CC(=O)Nc2ccc(S(=O)(=O)N3CCCCCC3)cc2)S(=O)(=O)c2ccccc2)c1. The van der Waals surface area contributed by atoms with Gasteiger partial charge in [0.05, 0.1) is 15.5 Å². The lowest BCUT2D eigenvalue weighted by atomic mass is 10.1. The molecule has 0 saturated carbocycles. The number of carbonyl (C=O) groups is 1. The van der Waals surface area contributed by atoms with E-state index in [0.29, 0.717) is 24.5 Å². The van der Waals surface area contributed by atoms with E-state index in [1.54, 1.807) is 30.3 Å². The first-order chi connectivity index (χ1) is 18.1. The van der Waals surface area contributed by atoms with Crippen molar-refractivity contribution in [2.45, 2.75) is 49.3 Å². The Hall–Kier alpha value is -3.21. The predicted octanol–water partition coefficient (Wildman–Crippen LogP) is 4.70. The highest BCUT2D eigenvalue weighted by Crippen LogP contribution is 2.26. The number of hydrogen-bond donors (Lipinski definition) is 1. The van der Waals surface area contributed by atoms with Crippen LogP contribution in [-0.2, 0) is 24.8 Å². The van der Waals surface area contributed by atoms with Crippen molar-refractivity contribution >= 4 is 37.3 Å². The van der Waals surface area contributed by atoms with Crippen molar-refractivity contribution in [3.05, 3.63) is 83.9 Å². The molecule has 1 amide bonds. The Bertz CT molecular complexity index is 1460. The van der Waals surface area contributed by atoms with Gasteiger partial charge in [-0.3, -0.25) is 9.10 Å². The van der Waals surface area contributed by atoms with Crippen LogP contribution in [0.15, 0.2) is 82.6 Å². The van der Waals surface area contributed by atoms with E-state index in [0.717, 1.165) is 41.1 Å². The summed E-state index contributed by atoms with van der Waals surface area (Å²) in [5, 5.41) is 2.71. The van der Waals surface area contributed by atoms with Crippen LogP contribution in [-0.4, -0.2) is 46.7 Å². The zero-order valence-electron chi connectivity index (χ0n) is 21.6. The lowest BCUT2D eigenvalue weighted by Crippen LogP contribution is -2.38. The molecule has 202 valence electrons. The number of aryl methyl sites for hydroxylation is 2. The van der Waals surface area contributed by atoms with Crippen molar-refractivity contribution in [2.75, 3.05) is 29.3 Å². The number of amides is 1. The summed E-state index contributed by atoms with van der Waals surface area (Å²) >= 11 is 0. The number of nitrogens with one attached hydrogen (secondary N) is 1. The summed E-state index contributed by atoms with van der Waals surface area (Å²) in [5.74, 6) is -0.549. The molecule has 10 heteroatoms. The molecule has 8 nitrogen and oxygen atoms in total. The lowest BCUT2D eigenvalue weighted by Gasteiger charge is -2.25. The van der Waals surface area contributed by atoms with Gasteiger partial charge >= 0.3 is 0 Å². The molecule has 1 N–H and O–H groups in total. The van der Waals surface area contributed by atoms with Gasteiger partial charge in [0, 0.05) is 18.8 Å². The Kier molecular flexibility index (Phi) is 8.54. The van der Waals surface area contributed by atoms with Gasteiger partial charge in [-0.25, -0.2) is 16.8 Å². The molecule has 1 aliphatic rings. The highest BCUT2D eigenvalue weighted by Gasteiger charge is 2.28. The Balaban J connectivity index is 1.55. The number of sulfonamides is 2. The van der Waals surface area contributed by atoms with E-state index < -0.39 is 32.5 Å². The van der Waals surface area contributed by atoms with Crippen LogP contribution in [0, 0.1) is 13.8 Å². The van der Waals surface area contributed by atoms with Crippen LogP contribution >= 0.6 is 0 Å². The van der Waals surface area contributed by atoms with E-state index in [4.69, 9.17) is 0 Å². The number of nitrogens with zero attached hydrogens (tertiary/aromatic N) is 2. The molecule has 3 aromatic rings. The topological polar surface area (TPSA) is 104 Å². The van der Waals surface area contributed by atoms with Gasteiger partial charge in [-0.05, 0) is 86.3 Å². The number of hydrogen-bond acceptors (Lipinski definition) is 5. The third kappa shape index (κ3) is 6.43. The monoisotopic (exact) mass is 555 g/mol. The van der Waals surface area contributed by atoms with Gasteiger partial charge in [0.2, 0.25) is 15.9 Å². The van der Waals surface area contributed by atoms with E-state index in [2.05, 4.69) is 5.32 Å². The minimum Gasteiger partial charge on any atom is -0.325 e. The Morgan fingerprint density at radius 3 is 1.95 bits per heavy atom. The van der Waals surface area contributed by atoms with Crippen molar-refractivity contribution in [3.8, 4) is 0 Å². The number of benzene rings is 3. The minimum atomic E-state index is -4.03. The molecule has 1 aliphatic heterocycles. The van der Waals surface area contributed by atoms with Gasteiger partial charge in [0.1, 0.15) is 6.54 Å². The van der Waals surface area contributed by atoms with Crippen LogP contribution in [0.3, 0.4) is 0 Å². The summed E-state index contributed by atoms with van der Waals surface area (Å²) < 4.78 is 55.8. The summed E-state index contributed by atoms with van der Waals surface area (Å²) in [6.45, 7) is 4.29. The molecular formula is C28H33N3O5S2. The molecular weight excluding hydrogens is 522 g/mol. The second-order valence-corrected chi connectivity index (χ2v) is 13.4. The maximum atomic E-state index is 13.5. The molecule has 4 rings (SSSR count). The molecule has 1 saturated heterocycles. The van der Waals surface area contributed by atoms with E-state index in [1.807, 2.05) is 19.9 Å². The van der Waals surface area contributed by atoms with E-state index in [1.165, 1.54) is 40.7 Å². The number of anilines is 2. The molecule has 1 heterocycles. The average Bonchev–Trinajstić information content (AvgIpc) is 3.18. The van der Waals surface area contributed by atoms with E-state index in [9.17, 15) is 21.6 Å². The van der Waals surface area contributed by atoms with E-state index in [-0.39, 0.29) is 9.79 Å². The molecule has 1 fully saturated rings. The number of rotatable bonds is 8. The van der Waals surface area contributed by atoms with Crippen molar-refractivity contribution in [3.63, 3.8) is 0 Å². The van der Waals surface area contributed by atoms with Crippen LogP contribution in [0.25, 0.3) is 0 Å². The fourth-order valence-electron chi connectivity index (χ4n) is 4.60. The van der Waals surface area contributed by atoms with Gasteiger partial charge in [-0.2, -0.15) is 4.31 Å². The fraction of sp³-hybridized carbons (Fsp3) is 0.321. The summed E-state index contributed by atoms with van der Waals surface area (Å²) in [5.41, 5.74) is 2.51. The first-order valence-electron chi connectivity index (χ1n) is 12.6. The quantitative estimate of drug-likeness (QED) is 0.434. The summed E-state index contributed by atoms with van der Waals surface area (Å²) in [4.78, 5) is 13.3.